The van der Waals surface area contributed by atoms with Crippen molar-refractivity contribution < 1.29 is 9.47 Å². The third-order valence-electron chi connectivity index (χ3n) is 1.05. The minimum atomic E-state index is -0.0842. The molecule has 1 heterocycles. The van der Waals surface area contributed by atoms with Gasteiger partial charge in [0.1, 0.15) is 12.0 Å². The van der Waals surface area contributed by atoms with Crippen molar-refractivity contribution in [3.8, 4) is 0 Å². The van der Waals surface area contributed by atoms with Gasteiger partial charge in [-0.15, -0.1) is 0 Å². The van der Waals surface area contributed by atoms with E-state index < -0.39 is 0 Å². The Balaban J connectivity index is 2.27. The summed E-state index contributed by atoms with van der Waals surface area (Å²) in [6, 6.07) is 0. The summed E-state index contributed by atoms with van der Waals surface area (Å²) in [5.74, 6) is 0.930. The maximum atomic E-state index is 5.21. The van der Waals surface area contributed by atoms with Crippen molar-refractivity contribution in [3.05, 3.63) is 12.0 Å². The van der Waals surface area contributed by atoms with Gasteiger partial charge in [0, 0.05) is 18.7 Å². The van der Waals surface area contributed by atoms with Gasteiger partial charge >= 0.3 is 0 Å². The Labute approximate surface area is 63.0 Å². The molecule has 0 radical (unpaired) electrons. The molecule has 1 atom stereocenters. The van der Waals surface area contributed by atoms with Crippen LogP contribution in [0.4, 0.5) is 0 Å². The number of allylic oxidation sites excluding steroid dienone is 1. The van der Waals surface area contributed by atoms with Gasteiger partial charge in [-0.1, -0.05) is 15.9 Å². The Hall–Kier alpha value is -0.180. The fraction of sp³-hybridized carbons (Fsp3) is 0.667. The zero-order valence-electron chi connectivity index (χ0n) is 5.26. The average molecular weight is 193 g/mol. The summed E-state index contributed by atoms with van der Waals surface area (Å²) in [4.78, 5) is 0. The highest BCUT2D eigenvalue weighted by atomic mass is 79.9. The largest absolute Gasteiger partial charge is 0.459 e. The summed E-state index contributed by atoms with van der Waals surface area (Å²) < 4.78 is 10.2. The normalized spacial score (nSPS) is 24.7. The van der Waals surface area contributed by atoms with E-state index in [0.717, 1.165) is 17.5 Å². The minimum Gasteiger partial charge on any atom is -0.459 e. The molecule has 1 aliphatic heterocycles. The lowest BCUT2D eigenvalue weighted by Crippen LogP contribution is -2.00. The van der Waals surface area contributed by atoms with Crippen LogP contribution in [0.15, 0.2) is 12.0 Å². The SMILES string of the molecule is CC1OC=C(CCBr)O1. The second-order valence-corrected chi connectivity index (χ2v) is 2.64. The van der Waals surface area contributed by atoms with Crippen molar-refractivity contribution >= 4 is 15.9 Å². The predicted molar refractivity (Wildman–Crippen MR) is 38.1 cm³/mol. The number of hydrogen-bond donors (Lipinski definition) is 0. The highest BCUT2D eigenvalue weighted by molar-refractivity contribution is 9.09. The molecule has 3 heteroatoms. The van der Waals surface area contributed by atoms with Crippen LogP contribution in [0.2, 0.25) is 0 Å². The standard InChI is InChI=1S/C6H9BrO2/c1-5-8-4-6(9-5)2-3-7/h4-5H,2-3H2,1H3. The second-order valence-electron chi connectivity index (χ2n) is 1.84. The summed E-state index contributed by atoms with van der Waals surface area (Å²) >= 11 is 3.30. The van der Waals surface area contributed by atoms with E-state index in [-0.39, 0.29) is 6.29 Å². The van der Waals surface area contributed by atoms with E-state index in [0.29, 0.717) is 0 Å². The van der Waals surface area contributed by atoms with Crippen molar-refractivity contribution in [1.29, 1.82) is 0 Å². The van der Waals surface area contributed by atoms with E-state index in [1.165, 1.54) is 0 Å². The van der Waals surface area contributed by atoms with E-state index >= 15 is 0 Å². The van der Waals surface area contributed by atoms with E-state index in [1.807, 2.05) is 6.92 Å². The molecule has 0 N–H and O–H groups in total. The predicted octanol–water partition coefficient (Wildman–Crippen LogP) is 2.01. The van der Waals surface area contributed by atoms with Crippen molar-refractivity contribution in [1.82, 2.24) is 0 Å². The molecule has 0 spiro atoms. The summed E-state index contributed by atoms with van der Waals surface area (Å²) in [6.45, 7) is 1.87. The topological polar surface area (TPSA) is 18.5 Å². The van der Waals surface area contributed by atoms with E-state index in [1.54, 1.807) is 6.26 Å². The average Bonchev–Trinajstić information content (AvgIpc) is 2.17. The molecule has 0 aliphatic carbocycles. The highest BCUT2D eigenvalue weighted by Crippen LogP contribution is 2.16. The third-order valence-corrected chi connectivity index (χ3v) is 1.45. The van der Waals surface area contributed by atoms with Crippen LogP contribution in [0.25, 0.3) is 0 Å². The summed E-state index contributed by atoms with van der Waals surface area (Å²) in [5, 5.41) is 0.926. The van der Waals surface area contributed by atoms with Crippen LogP contribution >= 0.6 is 15.9 Å². The fourth-order valence-electron chi connectivity index (χ4n) is 0.651. The van der Waals surface area contributed by atoms with E-state index in [2.05, 4.69) is 15.9 Å². The molecule has 52 valence electrons. The maximum Gasteiger partial charge on any atom is 0.237 e. The number of alkyl halides is 1. The zero-order valence-corrected chi connectivity index (χ0v) is 6.85. The quantitative estimate of drug-likeness (QED) is 0.624. The lowest BCUT2D eigenvalue weighted by Gasteiger charge is -2.03. The molecule has 0 saturated heterocycles. The first-order valence-electron chi connectivity index (χ1n) is 2.90. The first-order valence-corrected chi connectivity index (χ1v) is 4.02. The summed E-state index contributed by atoms with van der Waals surface area (Å²) in [6.07, 6.45) is 2.50. The number of hydrogen-bond acceptors (Lipinski definition) is 2. The number of ether oxygens (including phenoxy) is 2. The number of rotatable bonds is 2. The van der Waals surface area contributed by atoms with Gasteiger partial charge in [0.15, 0.2) is 0 Å². The van der Waals surface area contributed by atoms with Crippen LogP contribution in [0.1, 0.15) is 13.3 Å². The van der Waals surface area contributed by atoms with Crippen LogP contribution in [-0.2, 0) is 9.47 Å². The van der Waals surface area contributed by atoms with Crippen LogP contribution in [0, 0.1) is 0 Å². The molecule has 0 saturated carbocycles. The van der Waals surface area contributed by atoms with E-state index in [4.69, 9.17) is 9.47 Å². The monoisotopic (exact) mass is 192 g/mol. The van der Waals surface area contributed by atoms with Gasteiger partial charge in [0.25, 0.3) is 0 Å². The molecule has 0 amide bonds. The molecular formula is C6H9BrO2. The van der Waals surface area contributed by atoms with Crippen LogP contribution in [0.3, 0.4) is 0 Å². The van der Waals surface area contributed by atoms with Crippen LogP contribution in [-0.4, -0.2) is 11.6 Å². The molecule has 9 heavy (non-hydrogen) atoms. The molecule has 0 fully saturated rings. The van der Waals surface area contributed by atoms with Gasteiger partial charge in [-0.3, -0.25) is 0 Å². The maximum absolute atomic E-state index is 5.21. The van der Waals surface area contributed by atoms with Gasteiger partial charge in [0.2, 0.25) is 6.29 Å². The molecule has 2 nitrogen and oxygen atoms in total. The van der Waals surface area contributed by atoms with Crippen LogP contribution in [0.5, 0.6) is 0 Å². The van der Waals surface area contributed by atoms with Gasteiger partial charge in [-0.25, -0.2) is 0 Å². The molecule has 1 unspecified atom stereocenters. The first-order chi connectivity index (χ1) is 4.33. The molecule has 0 aromatic heterocycles. The Morgan fingerprint density at radius 2 is 2.56 bits per heavy atom. The molecule has 0 aromatic carbocycles. The smallest absolute Gasteiger partial charge is 0.237 e. The Morgan fingerprint density at radius 3 is 3.00 bits per heavy atom. The zero-order chi connectivity index (χ0) is 6.69. The van der Waals surface area contributed by atoms with Gasteiger partial charge < -0.3 is 9.47 Å². The van der Waals surface area contributed by atoms with Gasteiger partial charge in [-0.2, -0.15) is 0 Å². The highest BCUT2D eigenvalue weighted by Gasteiger charge is 2.12. The Morgan fingerprint density at radius 1 is 1.78 bits per heavy atom. The summed E-state index contributed by atoms with van der Waals surface area (Å²) in [7, 11) is 0. The van der Waals surface area contributed by atoms with Crippen molar-refractivity contribution in [3.63, 3.8) is 0 Å². The lowest BCUT2D eigenvalue weighted by molar-refractivity contribution is -0.0162. The minimum absolute atomic E-state index is 0.0842. The molecule has 1 aliphatic rings. The van der Waals surface area contributed by atoms with Gasteiger partial charge in [0.05, 0.1) is 0 Å². The Kier molecular flexibility index (Phi) is 2.39. The number of halogens is 1. The fourth-order valence-corrected chi connectivity index (χ4v) is 1.04. The van der Waals surface area contributed by atoms with Gasteiger partial charge in [-0.05, 0) is 0 Å². The van der Waals surface area contributed by atoms with Crippen LogP contribution < -0.4 is 0 Å². The molecule has 0 bridgehead atoms. The van der Waals surface area contributed by atoms with Crippen molar-refractivity contribution in [2.75, 3.05) is 5.33 Å². The third kappa shape index (κ3) is 1.90. The molecule has 0 aromatic rings. The van der Waals surface area contributed by atoms with Crippen molar-refractivity contribution in [2.45, 2.75) is 19.6 Å². The second kappa shape index (κ2) is 3.11. The van der Waals surface area contributed by atoms with Crippen molar-refractivity contribution in [2.24, 2.45) is 0 Å². The van der Waals surface area contributed by atoms with E-state index in [9.17, 15) is 0 Å². The Bertz CT molecular complexity index is 122. The molecule has 1 rings (SSSR count). The lowest BCUT2D eigenvalue weighted by atomic mass is 10.4. The summed E-state index contributed by atoms with van der Waals surface area (Å²) in [5.41, 5.74) is 0. The molecular weight excluding hydrogens is 184 g/mol. The first kappa shape index (κ1) is 6.93.